The van der Waals surface area contributed by atoms with Gasteiger partial charge in [0.1, 0.15) is 24.6 Å². The molecule has 0 spiro atoms. The number of rotatable bonds is 4. The summed E-state index contributed by atoms with van der Waals surface area (Å²) in [4.78, 5) is 0. The number of methoxy groups -OCH3 is 1. The molecule has 1 heterocycles. The number of aryl methyl sites for hydroxylation is 3. The first kappa shape index (κ1) is 12.8. The molecular weight excluding hydrogens is 224 g/mol. The summed E-state index contributed by atoms with van der Waals surface area (Å²) in [5, 5.41) is 0. The monoisotopic (exact) mass is 245 g/mol. The molecule has 1 aromatic carbocycles. The summed E-state index contributed by atoms with van der Waals surface area (Å²) in [6, 6.07) is 4.45. The van der Waals surface area contributed by atoms with Crippen molar-refractivity contribution in [3.63, 3.8) is 0 Å². The van der Waals surface area contributed by atoms with Crippen molar-refractivity contribution in [3.05, 3.63) is 47.5 Å². The summed E-state index contributed by atoms with van der Waals surface area (Å²) in [7, 11) is 1.73. The van der Waals surface area contributed by atoms with E-state index in [1.807, 2.05) is 0 Å². The van der Waals surface area contributed by atoms with Gasteiger partial charge in [0.15, 0.2) is 0 Å². The highest BCUT2D eigenvalue weighted by Gasteiger charge is 2.12. The van der Waals surface area contributed by atoms with Crippen molar-refractivity contribution in [2.45, 2.75) is 27.3 Å². The third-order valence-electron chi connectivity index (χ3n) is 3.14. The first-order valence-corrected chi connectivity index (χ1v) is 6.26. The maximum absolute atomic E-state index is 5.09. The van der Waals surface area contributed by atoms with Crippen molar-refractivity contribution in [1.29, 1.82) is 0 Å². The molecule has 0 unspecified atom stereocenters. The highest BCUT2D eigenvalue weighted by Crippen LogP contribution is 2.20. The van der Waals surface area contributed by atoms with Gasteiger partial charge in [-0.15, -0.1) is 0 Å². The van der Waals surface area contributed by atoms with Gasteiger partial charge in [-0.05, 0) is 31.9 Å². The fourth-order valence-corrected chi connectivity index (χ4v) is 2.44. The molecule has 0 aliphatic carbocycles. The zero-order valence-electron chi connectivity index (χ0n) is 11.6. The molecule has 0 radical (unpaired) electrons. The molecule has 0 bridgehead atoms. The van der Waals surface area contributed by atoms with Gasteiger partial charge < -0.3 is 4.74 Å². The lowest BCUT2D eigenvalue weighted by Gasteiger charge is -2.07. The standard InChI is InChI=1S/C15H21N2O/c1-12-9-13(2)15(14(3)10-12)17-6-5-16(11-17)7-8-18-4/h5-6,9-11H,7-8H2,1-4H3/q+1. The summed E-state index contributed by atoms with van der Waals surface area (Å²) < 4.78 is 9.42. The number of aromatic nitrogens is 2. The van der Waals surface area contributed by atoms with E-state index in [1.54, 1.807) is 7.11 Å². The third-order valence-corrected chi connectivity index (χ3v) is 3.14. The van der Waals surface area contributed by atoms with Crippen molar-refractivity contribution in [2.24, 2.45) is 0 Å². The number of ether oxygens (including phenoxy) is 1. The van der Waals surface area contributed by atoms with Gasteiger partial charge in [-0.25, -0.2) is 9.13 Å². The number of nitrogens with zero attached hydrogens (tertiary/aromatic N) is 2. The molecule has 0 N–H and O–H groups in total. The Morgan fingerprint density at radius 2 is 1.83 bits per heavy atom. The van der Waals surface area contributed by atoms with Crippen LogP contribution in [-0.4, -0.2) is 18.3 Å². The topological polar surface area (TPSA) is 18.0 Å². The zero-order valence-corrected chi connectivity index (χ0v) is 11.6. The summed E-state index contributed by atoms with van der Waals surface area (Å²) >= 11 is 0. The van der Waals surface area contributed by atoms with Crippen LogP contribution in [0.2, 0.25) is 0 Å². The Bertz CT molecular complexity index is 520. The zero-order chi connectivity index (χ0) is 13.1. The van der Waals surface area contributed by atoms with Gasteiger partial charge in [0.2, 0.25) is 6.33 Å². The van der Waals surface area contributed by atoms with Crippen LogP contribution in [-0.2, 0) is 11.3 Å². The predicted octanol–water partition coefficient (Wildman–Crippen LogP) is 2.34. The summed E-state index contributed by atoms with van der Waals surface area (Å²) in [6.45, 7) is 8.08. The number of hydrogen-bond acceptors (Lipinski definition) is 1. The van der Waals surface area contributed by atoms with Crippen LogP contribution < -0.4 is 4.57 Å². The van der Waals surface area contributed by atoms with Gasteiger partial charge >= 0.3 is 0 Å². The van der Waals surface area contributed by atoms with Crippen LogP contribution in [0.1, 0.15) is 16.7 Å². The molecule has 18 heavy (non-hydrogen) atoms. The quantitative estimate of drug-likeness (QED) is 0.756. The Morgan fingerprint density at radius 3 is 2.44 bits per heavy atom. The number of benzene rings is 1. The smallest absolute Gasteiger partial charge is 0.249 e. The van der Waals surface area contributed by atoms with Crippen LogP contribution in [0.3, 0.4) is 0 Å². The first-order valence-electron chi connectivity index (χ1n) is 6.26. The summed E-state index contributed by atoms with van der Waals surface area (Å²) in [5.74, 6) is 0. The molecular formula is C15H21N2O+. The molecule has 0 amide bonds. The average molecular weight is 245 g/mol. The minimum atomic E-state index is 0.737. The molecule has 2 aromatic rings. The van der Waals surface area contributed by atoms with E-state index in [0.29, 0.717) is 0 Å². The van der Waals surface area contributed by atoms with Crippen molar-refractivity contribution < 1.29 is 9.30 Å². The normalized spacial score (nSPS) is 10.9. The van der Waals surface area contributed by atoms with Crippen LogP contribution in [0.5, 0.6) is 0 Å². The van der Waals surface area contributed by atoms with E-state index in [4.69, 9.17) is 4.74 Å². The lowest BCUT2D eigenvalue weighted by atomic mass is 10.1. The minimum absolute atomic E-state index is 0.737. The van der Waals surface area contributed by atoms with Crippen molar-refractivity contribution in [2.75, 3.05) is 13.7 Å². The van der Waals surface area contributed by atoms with E-state index in [1.165, 1.54) is 22.4 Å². The van der Waals surface area contributed by atoms with Gasteiger partial charge in [-0.3, -0.25) is 0 Å². The van der Waals surface area contributed by atoms with E-state index >= 15 is 0 Å². The van der Waals surface area contributed by atoms with Gasteiger partial charge in [-0.1, -0.05) is 17.7 Å². The maximum Gasteiger partial charge on any atom is 0.249 e. The Balaban J connectivity index is 2.34. The number of imidazole rings is 1. The SMILES string of the molecule is COCC[n+]1ccn(-c2c(C)cc(C)cc2C)c1. The minimum Gasteiger partial charge on any atom is -0.381 e. The second-order valence-corrected chi connectivity index (χ2v) is 4.80. The molecule has 3 nitrogen and oxygen atoms in total. The Kier molecular flexibility index (Phi) is 3.82. The van der Waals surface area contributed by atoms with Crippen LogP contribution in [0.15, 0.2) is 30.9 Å². The molecule has 0 aliphatic heterocycles. The van der Waals surface area contributed by atoms with Gasteiger partial charge in [0.25, 0.3) is 0 Å². The molecule has 96 valence electrons. The fourth-order valence-electron chi connectivity index (χ4n) is 2.44. The second-order valence-electron chi connectivity index (χ2n) is 4.80. The van der Waals surface area contributed by atoms with Crippen molar-refractivity contribution in [3.8, 4) is 5.69 Å². The van der Waals surface area contributed by atoms with E-state index in [-0.39, 0.29) is 0 Å². The lowest BCUT2D eigenvalue weighted by Crippen LogP contribution is -2.33. The number of hydrogen-bond donors (Lipinski definition) is 0. The molecule has 0 saturated carbocycles. The second kappa shape index (κ2) is 5.36. The Morgan fingerprint density at radius 1 is 1.17 bits per heavy atom. The largest absolute Gasteiger partial charge is 0.381 e. The third kappa shape index (κ3) is 2.62. The summed E-state index contributed by atoms with van der Waals surface area (Å²) in [5.41, 5.74) is 5.20. The Hall–Kier alpha value is -1.61. The molecule has 0 fully saturated rings. The van der Waals surface area contributed by atoms with Crippen LogP contribution in [0.4, 0.5) is 0 Å². The van der Waals surface area contributed by atoms with E-state index < -0.39 is 0 Å². The molecule has 2 rings (SSSR count). The lowest BCUT2D eigenvalue weighted by molar-refractivity contribution is -0.697. The van der Waals surface area contributed by atoms with Gasteiger partial charge in [-0.2, -0.15) is 0 Å². The van der Waals surface area contributed by atoms with E-state index in [2.05, 4.69) is 60.8 Å². The molecule has 0 saturated heterocycles. The Labute approximate surface area is 109 Å². The summed E-state index contributed by atoms with van der Waals surface area (Å²) in [6.07, 6.45) is 6.29. The highest BCUT2D eigenvalue weighted by atomic mass is 16.5. The van der Waals surface area contributed by atoms with Crippen LogP contribution in [0, 0.1) is 20.8 Å². The average Bonchev–Trinajstić information content (AvgIpc) is 2.73. The van der Waals surface area contributed by atoms with E-state index in [0.717, 1.165) is 13.2 Å². The van der Waals surface area contributed by atoms with Gasteiger partial charge in [0.05, 0.1) is 6.61 Å². The molecule has 0 aliphatic rings. The molecule has 0 atom stereocenters. The van der Waals surface area contributed by atoms with Crippen molar-refractivity contribution >= 4 is 0 Å². The van der Waals surface area contributed by atoms with E-state index in [9.17, 15) is 0 Å². The van der Waals surface area contributed by atoms with Crippen LogP contribution >= 0.6 is 0 Å². The predicted molar refractivity (Wildman–Crippen MR) is 72.1 cm³/mol. The fraction of sp³-hybridized carbons (Fsp3) is 0.400. The first-order chi connectivity index (χ1) is 8.61. The molecule has 1 aromatic heterocycles. The van der Waals surface area contributed by atoms with Gasteiger partial charge in [0, 0.05) is 7.11 Å². The van der Waals surface area contributed by atoms with Crippen LogP contribution in [0.25, 0.3) is 5.69 Å². The maximum atomic E-state index is 5.09. The molecule has 3 heteroatoms. The highest BCUT2D eigenvalue weighted by molar-refractivity contribution is 5.48. The van der Waals surface area contributed by atoms with Crippen molar-refractivity contribution in [1.82, 2.24) is 4.57 Å².